The zero-order valence-electron chi connectivity index (χ0n) is 16.8. The van der Waals surface area contributed by atoms with Crippen LogP contribution in [0.15, 0.2) is 69.7 Å². The molecule has 0 bridgehead atoms. The molecule has 0 aliphatic heterocycles. The van der Waals surface area contributed by atoms with Crippen LogP contribution in [0.1, 0.15) is 10.4 Å². The number of carboxylic acid groups (broad SMARTS) is 1. The Morgan fingerprint density at radius 1 is 1.09 bits per heavy atom. The molecule has 12 heteroatoms. The van der Waals surface area contributed by atoms with E-state index in [1.807, 2.05) is 0 Å². The van der Waals surface area contributed by atoms with Gasteiger partial charge in [-0.1, -0.05) is 30.3 Å². The van der Waals surface area contributed by atoms with Crippen molar-refractivity contribution in [2.45, 2.75) is 11.4 Å². The standard InChI is InChI=1S/C21H16N4O6S2/c22-33(30,31)14-8-6-13(7-9-14)23-16(26)10-25-18(12-4-2-1-3-5-12)24-19-17(20(25)27)15(11-32-19)21(28)29/h1-9,11H,10H2,(H,23,26)(H,28,29)(H2,22,30,31). The second kappa shape index (κ2) is 8.58. The fourth-order valence-corrected chi connectivity index (χ4v) is 4.63. The largest absolute Gasteiger partial charge is 0.478 e. The number of amides is 1. The summed E-state index contributed by atoms with van der Waals surface area (Å²) in [5.74, 6) is -1.64. The minimum Gasteiger partial charge on any atom is -0.478 e. The van der Waals surface area contributed by atoms with Gasteiger partial charge in [0.2, 0.25) is 15.9 Å². The molecule has 4 rings (SSSR count). The van der Waals surface area contributed by atoms with Gasteiger partial charge in [-0.3, -0.25) is 14.2 Å². The number of nitrogens with one attached hydrogen (secondary N) is 1. The van der Waals surface area contributed by atoms with E-state index >= 15 is 0 Å². The molecular formula is C21H16N4O6S2. The van der Waals surface area contributed by atoms with Crippen LogP contribution in [0.4, 0.5) is 5.69 Å². The topological polar surface area (TPSA) is 161 Å². The first-order valence-electron chi connectivity index (χ1n) is 9.38. The lowest BCUT2D eigenvalue weighted by Crippen LogP contribution is -2.30. The van der Waals surface area contributed by atoms with Crippen LogP contribution in [-0.2, 0) is 21.4 Å². The number of thiophene rings is 1. The van der Waals surface area contributed by atoms with E-state index in [0.29, 0.717) is 5.56 Å². The van der Waals surface area contributed by atoms with Gasteiger partial charge in [0, 0.05) is 16.6 Å². The number of carboxylic acids is 1. The normalized spacial score (nSPS) is 11.4. The van der Waals surface area contributed by atoms with Gasteiger partial charge in [0.15, 0.2) is 0 Å². The van der Waals surface area contributed by atoms with Crippen molar-refractivity contribution in [1.82, 2.24) is 9.55 Å². The first-order valence-corrected chi connectivity index (χ1v) is 11.8. The number of hydrogen-bond acceptors (Lipinski definition) is 7. The van der Waals surface area contributed by atoms with E-state index in [1.165, 1.54) is 29.6 Å². The molecule has 2 aromatic carbocycles. The van der Waals surface area contributed by atoms with Crippen molar-refractivity contribution in [3.05, 3.63) is 75.9 Å². The molecule has 4 N–H and O–H groups in total. The van der Waals surface area contributed by atoms with E-state index in [1.54, 1.807) is 30.3 Å². The molecule has 0 aliphatic rings. The van der Waals surface area contributed by atoms with Gasteiger partial charge in [0.25, 0.3) is 5.56 Å². The molecule has 4 aromatic rings. The number of aromatic carboxylic acids is 1. The lowest BCUT2D eigenvalue weighted by molar-refractivity contribution is -0.116. The summed E-state index contributed by atoms with van der Waals surface area (Å²) in [7, 11) is -3.88. The number of rotatable bonds is 6. The third kappa shape index (κ3) is 4.53. The summed E-state index contributed by atoms with van der Waals surface area (Å²) in [5.41, 5.74) is 0.0293. The number of anilines is 1. The van der Waals surface area contributed by atoms with Gasteiger partial charge >= 0.3 is 5.97 Å². The maximum absolute atomic E-state index is 13.3. The summed E-state index contributed by atoms with van der Waals surface area (Å²) in [5, 5.41) is 18.3. The van der Waals surface area contributed by atoms with Crippen molar-refractivity contribution in [3.63, 3.8) is 0 Å². The zero-order valence-corrected chi connectivity index (χ0v) is 18.4. The van der Waals surface area contributed by atoms with Gasteiger partial charge in [-0.25, -0.2) is 23.3 Å². The van der Waals surface area contributed by atoms with Crippen LogP contribution < -0.4 is 16.0 Å². The third-order valence-corrected chi connectivity index (χ3v) is 6.53. The predicted octanol–water partition coefficient (Wildman–Crippen LogP) is 2.11. The number of fused-ring (bicyclic) bond motifs is 1. The second-order valence-corrected chi connectivity index (χ2v) is 9.36. The van der Waals surface area contributed by atoms with Crippen molar-refractivity contribution in [2.75, 3.05) is 5.32 Å². The van der Waals surface area contributed by atoms with Gasteiger partial charge in [-0.05, 0) is 24.3 Å². The summed E-state index contributed by atoms with van der Waals surface area (Å²) >= 11 is 1.03. The van der Waals surface area contributed by atoms with Crippen LogP contribution in [0.3, 0.4) is 0 Å². The SMILES string of the molecule is NS(=O)(=O)c1ccc(NC(=O)Cn2c(-c3ccccc3)nc3scc(C(=O)O)c3c2=O)cc1. The Morgan fingerprint density at radius 2 is 1.76 bits per heavy atom. The summed E-state index contributed by atoms with van der Waals surface area (Å²) < 4.78 is 23.9. The number of carbonyl (C=O) groups is 2. The Morgan fingerprint density at radius 3 is 2.36 bits per heavy atom. The van der Waals surface area contributed by atoms with Crippen LogP contribution in [0, 0.1) is 0 Å². The molecule has 2 aromatic heterocycles. The van der Waals surface area contributed by atoms with E-state index in [0.717, 1.165) is 15.9 Å². The quantitative estimate of drug-likeness (QED) is 0.377. The summed E-state index contributed by atoms with van der Waals surface area (Å²) in [6, 6.07) is 13.9. The Hall–Kier alpha value is -3.87. The number of benzene rings is 2. The molecule has 1 amide bonds. The number of primary sulfonamides is 1. The highest BCUT2D eigenvalue weighted by Crippen LogP contribution is 2.25. The van der Waals surface area contributed by atoms with Gasteiger partial charge < -0.3 is 10.4 Å². The minimum atomic E-state index is -3.88. The smallest absolute Gasteiger partial charge is 0.337 e. The molecule has 0 saturated carbocycles. The number of carbonyl (C=O) groups excluding carboxylic acids is 1. The van der Waals surface area contributed by atoms with Gasteiger partial charge in [0.05, 0.1) is 15.8 Å². The van der Waals surface area contributed by atoms with Crippen LogP contribution in [0.5, 0.6) is 0 Å². The molecule has 0 fully saturated rings. The number of nitrogens with two attached hydrogens (primary N) is 1. The average Bonchev–Trinajstić information content (AvgIpc) is 3.20. The molecular weight excluding hydrogens is 468 g/mol. The summed E-state index contributed by atoms with van der Waals surface area (Å²) in [4.78, 5) is 42.2. The van der Waals surface area contributed by atoms with E-state index in [4.69, 9.17) is 5.14 Å². The van der Waals surface area contributed by atoms with Crippen molar-refractivity contribution in [1.29, 1.82) is 0 Å². The zero-order chi connectivity index (χ0) is 23.8. The Bertz CT molecular complexity index is 1540. The maximum atomic E-state index is 13.3. The second-order valence-electron chi connectivity index (χ2n) is 6.94. The first kappa shape index (κ1) is 22.3. The Kier molecular flexibility index (Phi) is 5.80. The summed E-state index contributed by atoms with van der Waals surface area (Å²) in [6.07, 6.45) is 0. The number of hydrogen-bond donors (Lipinski definition) is 3. The number of aromatic nitrogens is 2. The predicted molar refractivity (Wildman–Crippen MR) is 123 cm³/mol. The third-order valence-electron chi connectivity index (χ3n) is 4.72. The monoisotopic (exact) mass is 484 g/mol. The molecule has 33 heavy (non-hydrogen) atoms. The van der Waals surface area contributed by atoms with Crippen LogP contribution in [-0.4, -0.2) is 35.0 Å². The van der Waals surface area contributed by atoms with Crippen molar-refractivity contribution in [3.8, 4) is 11.4 Å². The molecule has 0 atom stereocenters. The van der Waals surface area contributed by atoms with Crippen molar-refractivity contribution in [2.24, 2.45) is 5.14 Å². The molecule has 0 aliphatic carbocycles. The lowest BCUT2D eigenvalue weighted by Gasteiger charge is -2.13. The fourth-order valence-electron chi connectivity index (χ4n) is 3.21. The maximum Gasteiger partial charge on any atom is 0.337 e. The number of nitrogens with zero attached hydrogens (tertiary/aromatic N) is 2. The Balaban J connectivity index is 1.74. The minimum absolute atomic E-state index is 0.0718. The van der Waals surface area contributed by atoms with E-state index < -0.39 is 34.0 Å². The number of sulfonamides is 1. The van der Waals surface area contributed by atoms with Crippen molar-refractivity contribution >= 4 is 49.1 Å². The molecule has 10 nitrogen and oxygen atoms in total. The van der Waals surface area contributed by atoms with E-state index in [-0.39, 0.29) is 32.2 Å². The van der Waals surface area contributed by atoms with Gasteiger partial charge in [-0.2, -0.15) is 0 Å². The molecule has 0 spiro atoms. The van der Waals surface area contributed by atoms with Gasteiger partial charge in [-0.15, -0.1) is 11.3 Å². The molecule has 0 unspecified atom stereocenters. The average molecular weight is 485 g/mol. The highest BCUT2D eigenvalue weighted by atomic mass is 32.2. The Labute approximate surface area is 191 Å². The fraction of sp³-hybridized carbons (Fsp3) is 0.0476. The van der Waals surface area contributed by atoms with Crippen molar-refractivity contribution < 1.29 is 23.1 Å². The summed E-state index contributed by atoms with van der Waals surface area (Å²) in [6.45, 7) is -0.447. The van der Waals surface area contributed by atoms with Crippen LogP contribution in [0.25, 0.3) is 21.6 Å². The highest BCUT2D eigenvalue weighted by molar-refractivity contribution is 7.89. The lowest BCUT2D eigenvalue weighted by atomic mass is 10.2. The van der Waals surface area contributed by atoms with Crippen LogP contribution >= 0.6 is 11.3 Å². The highest BCUT2D eigenvalue weighted by Gasteiger charge is 2.21. The van der Waals surface area contributed by atoms with Gasteiger partial charge in [0.1, 0.15) is 17.2 Å². The first-order chi connectivity index (χ1) is 15.6. The van der Waals surface area contributed by atoms with E-state index in [9.17, 15) is 27.9 Å². The van der Waals surface area contributed by atoms with Crippen LogP contribution in [0.2, 0.25) is 0 Å². The molecule has 0 saturated heterocycles. The molecule has 0 radical (unpaired) electrons. The van der Waals surface area contributed by atoms with E-state index in [2.05, 4.69) is 10.3 Å². The molecule has 2 heterocycles. The molecule has 168 valence electrons.